The minimum Gasteiger partial charge on any atom is -0.508 e. The minimum absolute atomic E-state index is 0.243. The van der Waals surface area contributed by atoms with Gasteiger partial charge in [-0.2, -0.15) is 5.26 Å². The number of ether oxygens (including phenoxy) is 1. The Balaban J connectivity index is 1.54. The molecular formula is C20H14N4O2. The van der Waals surface area contributed by atoms with Gasteiger partial charge in [0.25, 0.3) is 0 Å². The lowest BCUT2D eigenvalue weighted by Gasteiger charge is -2.09. The lowest BCUT2D eigenvalue weighted by Crippen LogP contribution is -1.96. The molecule has 126 valence electrons. The Bertz CT molecular complexity index is 1130. The summed E-state index contributed by atoms with van der Waals surface area (Å²) in [7, 11) is 0. The number of rotatable bonds is 4. The van der Waals surface area contributed by atoms with E-state index in [-0.39, 0.29) is 5.75 Å². The number of hydrogen-bond donors (Lipinski definition) is 2. The first-order chi connectivity index (χ1) is 12.7. The number of phenols is 1. The molecule has 0 aliphatic heterocycles. The highest BCUT2D eigenvalue weighted by atomic mass is 16.5. The van der Waals surface area contributed by atoms with Crippen molar-refractivity contribution < 1.29 is 9.84 Å². The Kier molecular flexibility index (Phi) is 3.96. The van der Waals surface area contributed by atoms with E-state index < -0.39 is 0 Å². The monoisotopic (exact) mass is 342 g/mol. The van der Waals surface area contributed by atoms with Gasteiger partial charge in [-0.05, 0) is 46.7 Å². The van der Waals surface area contributed by atoms with Crippen molar-refractivity contribution in [3.8, 4) is 28.8 Å². The van der Waals surface area contributed by atoms with E-state index in [1.54, 1.807) is 12.1 Å². The predicted molar refractivity (Wildman–Crippen MR) is 96.5 cm³/mol. The summed E-state index contributed by atoms with van der Waals surface area (Å²) in [5.41, 5.74) is 2.63. The number of phenolic OH excluding ortho intramolecular Hbond substituents is 1. The molecular weight excluding hydrogens is 328 g/mol. The Labute approximate surface area is 149 Å². The Morgan fingerprint density at radius 2 is 1.88 bits per heavy atom. The maximum Gasteiger partial charge on any atom is 0.163 e. The molecule has 0 spiro atoms. The normalized spacial score (nSPS) is 10.6. The van der Waals surface area contributed by atoms with Gasteiger partial charge in [0.15, 0.2) is 5.69 Å². The van der Waals surface area contributed by atoms with Crippen LogP contribution in [-0.4, -0.2) is 20.5 Å². The summed E-state index contributed by atoms with van der Waals surface area (Å²) in [6.45, 7) is 0.386. The Morgan fingerprint density at radius 1 is 1.04 bits per heavy atom. The minimum atomic E-state index is 0.243. The smallest absolute Gasteiger partial charge is 0.163 e. The third-order valence-electron chi connectivity index (χ3n) is 4.06. The van der Waals surface area contributed by atoms with Crippen LogP contribution in [0.4, 0.5) is 0 Å². The molecule has 26 heavy (non-hydrogen) atoms. The molecule has 0 bridgehead atoms. The lowest BCUT2D eigenvalue weighted by molar-refractivity contribution is 0.306. The van der Waals surface area contributed by atoms with Crippen LogP contribution < -0.4 is 4.74 Å². The fraction of sp³-hybridized carbons (Fsp3) is 0.0500. The molecule has 0 amide bonds. The second-order valence-electron chi connectivity index (χ2n) is 5.83. The molecule has 1 aromatic heterocycles. The van der Waals surface area contributed by atoms with E-state index >= 15 is 0 Å². The van der Waals surface area contributed by atoms with Crippen molar-refractivity contribution in [3.05, 3.63) is 71.9 Å². The summed E-state index contributed by atoms with van der Waals surface area (Å²) < 4.78 is 5.89. The van der Waals surface area contributed by atoms with Gasteiger partial charge in [0.1, 0.15) is 29.9 Å². The van der Waals surface area contributed by atoms with E-state index in [1.807, 2.05) is 54.6 Å². The van der Waals surface area contributed by atoms with E-state index in [4.69, 9.17) is 10.00 Å². The standard InChI is InChI=1S/C20H14N4O2/c21-11-19-20(23-24-22-19)16-3-1-2-13(8-16)12-26-18-7-5-14-9-17(25)6-4-15(14)10-18/h1-10,25H,12H2,(H,22,23,24). The van der Waals surface area contributed by atoms with Gasteiger partial charge in [-0.1, -0.05) is 35.5 Å². The first-order valence-electron chi connectivity index (χ1n) is 7.99. The molecule has 6 heteroatoms. The number of aromatic amines is 1. The first-order valence-corrected chi connectivity index (χ1v) is 7.99. The van der Waals surface area contributed by atoms with Crippen LogP contribution in [0.3, 0.4) is 0 Å². The third-order valence-corrected chi connectivity index (χ3v) is 4.06. The number of nitrogens with zero attached hydrogens (tertiary/aromatic N) is 3. The van der Waals surface area contributed by atoms with Crippen LogP contribution in [0.1, 0.15) is 11.3 Å². The molecule has 4 rings (SSSR count). The summed E-state index contributed by atoms with van der Waals surface area (Å²) in [4.78, 5) is 0. The van der Waals surface area contributed by atoms with Crippen LogP contribution >= 0.6 is 0 Å². The molecule has 3 aromatic carbocycles. The highest BCUT2D eigenvalue weighted by Gasteiger charge is 2.09. The topological polar surface area (TPSA) is 94.8 Å². The second-order valence-corrected chi connectivity index (χ2v) is 5.83. The zero-order chi connectivity index (χ0) is 17.9. The van der Waals surface area contributed by atoms with Crippen molar-refractivity contribution in [2.75, 3.05) is 0 Å². The van der Waals surface area contributed by atoms with Crippen molar-refractivity contribution in [2.24, 2.45) is 0 Å². The SMILES string of the molecule is N#Cc1[nH]nnc1-c1cccc(COc2ccc3cc(O)ccc3c2)c1. The van der Waals surface area contributed by atoms with E-state index in [2.05, 4.69) is 15.4 Å². The zero-order valence-electron chi connectivity index (χ0n) is 13.7. The average Bonchev–Trinajstić information content (AvgIpc) is 3.15. The number of aromatic nitrogens is 3. The van der Waals surface area contributed by atoms with E-state index in [0.29, 0.717) is 18.0 Å². The van der Waals surface area contributed by atoms with Crippen LogP contribution in [0.2, 0.25) is 0 Å². The highest BCUT2D eigenvalue weighted by molar-refractivity contribution is 5.85. The molecule has 6 nitrogen and oxygen atoms in total. The average molecular weight is 342 g/mol. The van der Waals surface area contributed by atoms with Gasteiger partial charge >= 0.3 is 0 Å². The van der Waals surface area contributed by atoms with Gasteiger partial charge < -0.3 is 9.84 Å². The fourth-order valence-corrected chi connectivity index (χ4v) is 2.78. The molecule has 0 saturated heterocycles. The molecule has 2 N–H and O–H groups in total. The Morgan fingerprint density at radius 3 is 2.77 bits per heavy atom. The van der Waals surface area contributed by atoms with Crippen LogP contribution in [0.25, 0.3) is 22.0 Å². The van der Waals surface area contributed by atoms with E-state index in [0.717, 1.165) is 27.6 Å². The van der Waals surface area contributed by atoms with Crippen LogP contribution in [0, 0.1) is 11.3 Å². The van der Waals surface area contributed by atoms with Gasteiger partial charge in [0.05, 0.1) is 0 Å². The summed E-state index contributed by atoms with van der Waals surface area (Å²) in [6, 6.07) is 20.6. The summed E-state index contributed by atoms with van der Waals surface area (Å²) in [5, 5.41) is 30.8. The van der Waals surface area contributed by atoms with Crippen LogP contribution in [0.5, 0.6) is 11.5 Å². The van der Waals surface area contributed by atoms with Gasteiger partial charge in [0.2, 0.25) is 0 Å². The van der Waals surface area contributed by atoms with Crippen molar-refractivity contribution in [1.29, 1.82) is 5.26 Å². The van der Waals surface area contributed by atoms with Gasteiger partial charge in [-0.15, -0.1) is 5.10 Å². The molecule has 0 aliphatic rings. The number of aromatic hydroxyl groups is 1. The predicted octanol–water partition coefficient (Wildman–Crippen LogP) is 3.78. The summed E-state index contributed by atoms with van der Waals surface area (Å²) in [6.07, 6.45) is 0. The lowest BCUT2D eigenvalue weighted by atomic mass is 10.1. The molecule has 0 fully saturated rings. The fourth-order valence-electron chi connectivity index (χ4n) is 2.78. The quantitative estimate of drug-likeness (QED) is 0.588. The molecule has 4 aromatic rings. The summed E-state index contributed by atoms with van der Waals surface area (Å²) >= 11 is 0. The van der Waals surface area contributed by atoms with E-state index in [9.17, 15) is 5.11 Å². The molecule has 0 aliphatic carbocycles. The molecule has 0 radical (unpaired) electrons. The van der Waals surface area contributed by atoms with Gasteiger partial charge in [-0.3, -0.25) is 0 Å². The van der Waals surface area contributed by atoms with Crippen molar-refractivity contribution in [3.63, 3.8) is 0 Å². The number of hydrogen-bond acceptors (Lipinski definition) is 5. The zero-order valence-corrected chi connectivity index (χ0v) is 13.7. The Hall–Kier alpha value is -3.85. The number of nitrogens with one attached hydrogen (secondary N) is 1. The van der Waals surface area contributed by atoms with E-state index in [1.165, 1.54) is 0 Å². The van der Waals surface area contributed by atoms with Crippen LogP contribution in [-0.2, 0) is 6.61 Å². The number of nitriles is 1. The third kappa shape index (κ3) is 3.06. The van der Waals surface area contributed by atoms with Gasteiger partial charge in [0, 0.05) is 5.56 Å². The molecule has 1 heterocycles. The van der Waals surface area contributed by atoms with Crippen molar-refractivity contribution in [2.45, 2.75) is 6.61 Å². The number of H-pyrrole nitrogens is 1. The largest absolute Gasteiger partial charge is 0.508 e. The summed E-state index contributed by atoms with van der Waals surface area (Å²) in [5.74, 6) is 0.986. The van der Waals surface area contributed by atoms with Gasteiger partial charge in [-0.25, -0.2) is 5.10 Å². The molecule has 0 atom stereocenters. The maximum atomic E-state index is 9.53. The van der Waals surface area contributed by atoms with Crippen molar-refractivity contribution in [1.82, 2.24) is 15.4 Å². The number of benzene rings is 3. The molecule has 0 unspecified atom stereocenters. The van der Waals surface area contributed by atoms with Crippen molar-refractivity contribution >= 4 is 10.8 Å². The maximum absolute atomic E-state index is 9.53. The second kappa shape index (κ2) is 6.57. The highest BCUT2D eigenvalue weighted by Crippen LogP contribution is 2.25. The first kappa shape index (κ1) is 15.7. The molecule has 0 saturated carbocycles. The van der Waals surface area contributed by atoms with Crippen LogP contribution in [0.15, 0.2) is 60.7 Å². The number of fused-ring (bicyclic) bond motifs is 1.